The second-order valence-electron chi connectivity index (χ2n) is 8.61. The highest BCUT2D eigenvalue weighted by Gasteiger charge is 2.16. The topological polar surface area (TPSA) is 18.5 Å². The van der Waals surface area contributed by atoms with Crippen molar-refractivity contribution in [1.29, 1.82) is 0 Å². The second-order valence-corrected chi connectivity index (χ2v) is 8.61. The van der Waals surface area contributed by atoms with E-state index in [1.54, 1.807) is 0 Å². The summed E-state index contributed by atoms with van der Waals surface area (Å²) in [6.45, 7) is 9.86. The van der Waals surface area contributed by atoms with Crippen LogP contribution in [-0.4, -0.2) is 13.2 Å². The van der Waals surface area contributed by atoms with E-state index >= 15 is 0 Å². The van der Waals surface area contributed by atoms with Gasteiger partial charge < -0.3 is 9.47 Å². The van der Waals surface area contributed by atoms with Crippen LogP contribution in [0.2, 0.25) is 0 Å². The van der Waals surface area contributed by atoms with E-state index in [2.05, 4.69) is 88.4 Å². The molecule has 0 amide bonds. The highest BCUT2D eigenvalue weighted by molar-refractivity contribution is 6.11. The van der Waals surface area contributed by atoms with E-state index in [0.717, 1.165) is 45.9 Å². The molecule has 0 N–H and O–H groups in total. The Hall–Kier alpha value is -2.74. The first-order valence-corrected chi connectivity index (χ1v) is 12.2. The summed E-state index contributed by atoms with van der Waals surface area (Å²) in [7, 11) is 0. The smallest absolute Gasteiger partial charge is 0.135 e. The lowest BCUT2D eigenvalue weighted by Gasteiger charge is -2.18. The van der Waals surface area contributed by atoms with E-state index in [1.807, 2.05) is 0 Å². The van der Waals surface area contributed by atoms with Gasteiger partial charge in [0.25, 0.3) is 0 Å². The van der Waals surface area contributed by atoms with Gasteiger partial charge >= 0.3 is 0 Å². The molecule has 0 saturated carbocycles. The molecule has 0 saturated heterocycles. The van der Waals surface area contributed by atoms with Crippen LogP contribution >= 0.6 is 0 Å². The normalized spacial score (nSPS) is 11.9. The Balaban J connectivity index is 2.00. The van der Waals surface area contributed by atoms with Gasteiger partial charge in [-0.3, -0.25) is 0 Å². The van der Waals surface area contributed by atoms with Gasteiger partial charge in [0.15, 0.2) is 0 Å². The molecule has 2 nitrogen and oxygen atoms in total. The number of allylic oxidation sites excluding steroid dienone is 2. The highest BCUT2D eigenvalue weighted by atomic mass is 16.5. The summed E-state index contributed by atoms with van der Waals surface area (Å²) >= 11 is 0. The minimum absolute atomic E-state index is 0.579. The molecular weight excluding hydrogens is 392 g/mol. The van der Waals surface area contributed by atoms with E-state index in [0.29, 0.717) is 13.2 Å². The largest absolute Gasteiger partial charge is 0.488 e. The molecule has 0 aliphatic rings. The maximum atomic E-state index is 6.39. The monoisotopic (exact) mass is 430 g/mol. The Morgan fingerprint density at radius 1 is 0.594 bits per heavy atom. The van der Waals surface area contributed by atoms with Crippen molar-refractivity contribution >= 4 is 21.5 Å². The number of rotatable bonds is 12. The lowest BCUT2D eigenvalue weighted by molar-refractivity contribution is 0.365. The van der Waals surface area contributed by atoms with Crippen LogP contribution in [-0.2, 0) is 0 Å². The van der Waals surface area contributed by atoms with Crippen molar-refractivity contribution < 1.29 is 9.47 Å². The molecule has 3 aromatic carbocycles. The molecule has 0 unspecified atom stereocenters. The van der Waals surface area contributed by atoms with Gasteiger partial charge in [-0.2, -0.15) is 0 Å². The predicted octanol–water partition coefficient (Wildman–Crippen LogP) is 8.86. The zero-order chi connectivity index (χ0) is 22.8. The van der Waals surface area contributed by atoms with Gasteiger partial charge in [0.05, 0.1) is 0 Å². The Bertz CT molecular complexity index is 1010. The first-order valence-electron chi connectivity index (χ1n) is 12.2. The third-order valence-electron chi connectivity index (χ3n) is 5.76. The highest BCUT2D eigenvalue weighted by Crippen LogP contribution is 2.43. The minimum Gasteiger partial charge on any atom is -0.488 e. The van der Waals surface area contributed by atoms with Gasteiger partial charge in [-0.25, -0.2) is 0 Å². The average Bonchev–Trinajstić information content (AvgIpc) is 2.79. The molecule has 0 radical (unpaired) electrons. The Labute approximate surface area is 193 Å². The van der Waals surface area contributed by atoms with Crippen LogP contribution < -0.4 is 9.47 Å². The number of hydrogen-bond acceptors (Lipinski definition) is 2. The molecule has 0 aliphatic carbocycles. The first-order chi connectivity index (χ1) is 15.7. The molecule has 2 heteroatoms. The minimum atomic E-state index is 0.579. The summed E-state index contributed by atoms with van der Waals surface area (Å²) in [6.07, 6.45) is 15.8. The third-order valence-corrected chi connectivity index (χ3v) is 5.76. The predicted molar refractivity (Wildman–Crippen MR) is 139 cm³/mol. The van der Waals surface area contributed by atoms with E-state index in [-0.39, 0.29) is 0 Å². The van der Waals surface area contributed by atoms with Crippen molar-refractivity contribution in [2.24, 2.45) is 0 Å². The number of aryl methyl sites for hydroxylation is 2. The van der Waals surface area contributed by atoms with E-state index < -0.39 is 0 Å². The number of fused-ring (bicyclic) bond motifs is 2. The van der Waals surface area contributed by atoms with Crippen LogP contribution in [0, 0.1) is 13.8 Å². The molecule has 0 aromatic heterocycles. The first kappa shape index (κ1) is 23.9. The number of hydrogen-bond donors (Lipinski definition) is 0. The quantitative estimate of drug-likeness (QED) is 0.162. The van der Waals surface area contributed by atoms with Crippen LogP contribution in [0.15, 0.2) is 60.7 Å². The van der Waals surface area contributed by atoms with Gasteiger partial charge in [0, 0.05) is 21.5 Å². The Morgan fingerprint density at radius 3 is 1.47 bits per heavy atom. The van der Waals surface area contributed by atoms with E-state index in [1.165, 1.54) is 36.8 Å². The van der Waals surface area contributed by atoms with Crippen molar-refractivity contribution in [3.8, 4) is 11.5 Å². The fraction of sp³-hybridized carbons (Fsp3) is 0.400. The molecule has 3 aromatic rings. The van der Waals surface area contributed by atoms with E-state index in [9.17, 15) is 0 Å². The van der Waals surface area contributed by atoms with Gasteiger partial charge in [0.1, 0.15) is 24.7 Å². The molecule has 170 valence electrons. The van der Waals surface area contributed by atoms with Crippen molar-refractivity contribution in [3.05, 3.63) is 71.8 Å². The van der Waals surface area contributed by atoms with Crippen LogP contribution in [0.25, 0.3) is 21.5 Å². The zero-order valence-electron chi connectivity index (χ0n) is 20.2. The lowest BCUT2D eigenvalue weighted by Crippen LogP contribution is -2.00. The standard InChI is InChI=1S/C30H38O2/c1-5-7-9-11-13-19-31-29-25-17-15-23(3)21-27(25)30(32-20-14-12-10-8-6-2)28-22-24(4)16-18-26(28)29/h11-18,21-22H,5-10,19-20H2,1-4H3/b13-11+,14-12+. The van der Waals surface area contributed by atoms with Gasteiger partial charge in [-0.1, -0.05) is 99.2 Å². The van der Waals surface area contributed by atoms with Gasteiger partial charge in [-0.15, -0.1) is 0 Å². The molecule has 0 bridgehead atoms. The maximum absolute atomic E-state index is 6.39. The summed E-state index contributed by atoms with van der Waals surface area (Å²) in [5.74, 6) is 1.90. The molecule has 3 rings (SSSR count). The van der Waals surface area contributed by atoms with Crippen molar-refractivity contribution in [2.45, 2.75) is 66.2 Å². The summed E-state index contributed by atoms with van der Waals surface area (Å²) < 4.78 is 12.8. The fourth-order valence-electron chi connectivity index (χ4n) is 3.97. The molecule has 0 aliphatic heterocycles. The Kier molecular flexibility index (Phi) is 9.22. The molecule has 0 heterocycles. The summed E-state index contributed by atoms with van der Waals surface area (Å²) in [5, 5.41) is 4.46. The van der Waals surface area contributed by atoms with E-state index in [4.69, 9.17) is 9.47 Å². The van der Waals surface area contributed by atoms with Crippen LogP contribution in [0.4, 0.5) is 0 Å². The lowest BCUT2D eigenvalue weighted by atomic mass is 9.98. The third kappa shape index (κ3) is 6.16. The summed E-state index contributed by atoms with van der Waals surface area (Å²) in [4.78, 5) is 0. The second kappa shape index (κ2) is 12.3. The van der Waals surface area contributed by atoms with Crippen LogP contribution in [0.5, 0.6) is 11.5 Å². The number of ether oxygens (including phenoxy) is 2. The fourth-order valence-corrected chi connectivity index (χ4v) is 3.97. The van der Waals surface area contributed by atoms with Crippen molar-refractivity contribution in [1.82, 2.24) is 0 Å². The van der Waals surface area contributed by atoms with Crippen molar-refractivity contribution in [3.63, 3.8) is 0 Å². The molecule has 0 spiro atoms. The summed E-state index contributed by atoms with van der Waals surface area (Å²) in [5.41, 5.74) is 2.44. The number of unbranched alkanes of at least 4 members (excludes halogenated alkanes) is 4. The van der Waals surface area contributed by atoms with Crippen molar-refractivity contribution in [2.75, 3.05) is 13.2 Å². The SMILES string of the molecule is CCCC/C=C/COc1c2ccc(C)cc2c(OC/C=C/CCCC)c2cc(C)ccc12. The average molecular weight is 431 g/mol. The molecule has 0 atom stereocenters. The Morgan fingerprint density at radius 2 is 1.03 bits per heavy atom. The molecule has 0 fully saturated rings. The van der Waals surface area contributed by atoms with Gasteiger partial charge in [-0.05, 0) is 38.8 Å². The molecular formula is C30H38O2. The van der Waals surface area contributed by atoms with Crippen LogP contribution in [0.3, 0.4) is 0 Å². The number of benzene rings is 3. The van der Waals surface area contributed by atoms with Gasteiger partial charge in [0.2, 0.25) is 0 Å². The molecule has 32 heavy (non-hydrogen) atoms. The maximum Gasteiger partial charge on any atom is 0.135 e. The van der Waals surface area contributed by atoms with Crippen LogP contribution in [0.1, 0.15) is 63.5 Å². The summed E-state index contributed by atoms with van der Waals surface area (Å²) in [6, 6.07) is 13.1. The zero-order valence-corrected chi connectivity index (χ0v) is 20.2.